The number of carboxylic acids is 1. The SMILES string of the molecule is O=C(O)c1cc2c(c3ncccc13)NSc1ccccc1-2. The van der Waals surface area contributed by atoms with Crippen LogP contribution in [0.3, 0.4) is 0 Å². The summed E-state index contributed by atoms with van der Waals surface area (Å²) in [7, 11) is 0. The highest BCUT2D eigenvalue weighted by Crippen LogP contribution is 2.45. The summed E-state index contributed by atoms with van der Waals surface area (Å²) in [5.74, 6) is -0.938. The van der Waals surface area contributed by atoms with Crippen LogP contribution in [-0.4, -0.2) is 16.1 Å². The van der Waals surface area contributed by atoms with Gasteiger partial charge in [0.2, 0.25) is 0 Å². The van der Waals surface area contributed by atoms with Crippen LogP contribution < -0.4 is 4.72 Å². The van der Waals surface area contributed by atoms with Gasteiger partial charge >= 0.3 is 5.97 Å². The van der Waals surface area contributed by atoms with Crippen molar-refractivity contribution in [3.63, 3.8) is 0 Å². The van der Waals surface area contributed by atoms with Gasteiger partial charge in [0, 0.05) is 22.0 Å². The summed E-state index contributed by atoms with van der Waals surface area (Å²) in [6.07, 6.45) is 1.68. The number of pyridine rings is 1. The number of aromatic nitrogens is 1. The van der Waals surface area contributed by atoms with Gasteiger partial charge < -0.3 is 9.83 Å². The predicted octanol–water partition coefficient (Wildman–Crippen LogP) is 4.03. The van der Waals surface area contributed by atoms with Crippen molar-refractivity contribution in [3.8, 4) is 11.1 Å². The summed E-state index contributed by atoms with van der Waals surface area (Å²) in [6.45, 7) is 0. The van der Waals surface area contributed by atoms with E-state index < -0.39 is 5.97 Å². The molecule has 0 spiro atoms. The van der Waals surface area contributed by atoms with Gasteiger partial charge in [-0.1, -0.05) is 24.3 Å². The summed E-state index contributed by atoms with van der Waals surface area (Å²) >= 11 is 1.52. The molecule has 0 aliphatic carbocycles. The Balaban J connectivity index is 2.14. The van der Waals surface area contributed by atoms with Gasteiger partial charge in [-0.25, -0.2) is 4.79 Å². The third kappa shape index (κ3) is 1.78. The minimum absolute atomic E-state index is 0.278. The first-order valence-electron chi connectivity index (χ1n) is 6.43. The second-order valence-electron chi connectivity index (χ2n) is 4.75. The van der Waals surface area contributed by atoms with E-state index in [1.807, 2.05) is 24.3 Å². The van der Waals surface area contributed by atoms with E-state index in [-0.39, 0.29) is 5.56 Å². The smallest absolute Gasteiger partial charge is 0.336 e. The molecular formula is C16H10N2O2S. The second-order valence-corrected chi connectivity index (χ2v) is 5.60. The number of nitrogens with one attached hydrogen (secondary N) is 1. The number of fused-ring (bicyclic) bond motifs is 5. The van der Waals surface area contributed by atoms with Gasteiger partial charge in [-0.05, 0) is 35.7 Å². The van der Waals surface area contributed by atoms with Crippen LogP contribution in [0.15, 0.2) is 53.6 Å². The molecule has 0 bridgehead atoms. The average molecular weight is 294 g/mol. The van der Waals surface area contributed by atoms with E-state index >= 15 is 0 Å². The monoisotopic (exact) mass is 294 g/mol. The highest BCUT2D eigenvalue weighted by molar-refractivity contribution is 8.00. The van der Waals surface area contributed by atoms with Crippen LogP contribution in [0.5, 0.6) is 0 Å². The van der Waals surface area contributed by atoms with Crippen molar-refractivity contribution >= 4 is 34.5 Å². The molecule has 0 amide bonds. The van der Waals surface area contributed by atoms with E-state index in [1.54, 1.807) is 24.4 Å². The zero-order valence-corrected chi connectivity index (χ0v) is 11.6. The Morgan fingerprint density at radius 3 is 2.86 bits per heavy atom. The lowest BCUT2D eigenvalue weighted by atomic mass is 9.97. The van der Waals surface area contributed by atoms with E-state index in [0.717, 1.165) is 21.7 Å². The molecule has 2 aromatic carbocycles. The van der Waals surface area contributed by atoms with Gasteiger partial charge in [-0.15, -0.1) is 0 Å². The zero-order chi connectivity index (χ0) is 14.4. The number of nitrogens with zero attached hydrogens (tertiary/aromatic N) is 1. The molecule has 102 valence electrons. The van der Waals surface area contributed by atoms with E-state index in [9.17, 15) is 9.90 Å². The summed E-state index contributed by atoms with van der Waals surface area (Å²) in [6, 6.07) is 13.2. The Labute approximate surface area is 125 Å². The van der Waals surface area contributed by atoms with Crippen molar-refractivity contribution in [3.05, 3.63) is 54.2 Å². The van der Waals surface area contributed by atoms with Gasteiger partial charge in [0.1, 0.15) is 0 Å². The number of carbonyl (C=O) groups is 1. The Bertz CT molecular complexity index is 893. The Kier molecular flexibility index (Phi) is 2.62. The summed E-state index contributed by atoms with van der Waals surface area (Å²) < 4.78 is 3.29. The molecule has 0 saturated carbocycles. The molecule has 3 aromatic rings. The summed E-state index contributed by atoms with van der Waals surface area (Å²) in [5.41, 5.74) is 3.76. The number of hydrogen-bond acceptors (Lipinski definition) is 4. The van der Waals surface area contributed by atoms with E-state index in [0.29, 0.717) is 10.9 Å². The summed E-state index contributed by atoms with van der Waals surface area (Å²) in [5, 5.41) is 10.1. The topological polar surface area (TPSA) is 62.2 Å². The molecular weight excluding hydrogens is 284 g/mol. The molecule has 0 fully saturated rings. The number of rotatable bonds is 1. The van der Waals surface area contributed by atoms with Gasteiger partial charge in [-0.2, -0.15) is 0 Å². The minimum atomic E-state index is -0.938. The molecule has 1 aliphatic rings. The number of carboxylic acid groups (broad SMARTS) is 1. The van der Waals surface area contributed by atoms with Gasteiger partial charge in [0.05, 0.1) is 16.8 Å². The van der Waals surface area contributed by atoms with Gasteiger partial charge in [0.15, 0.2) is 0 Å². The lowest BCUT2D eigenvalue weighted by Crippen LogP contribution is -2.05. The maximum absolute atomic E-state index is 11.6. The number of aromatic carboxylic acids is 1. The van der Waals surface area contributed by atoms with Crippen molar-refractivity contribution in [2.45, 2.75) is 4.90 Å². The first-order chi connectivity index (χ1) is 10.3. The molecule has 5 heteroatoms. The first-order valence-corrected chi connectivity index (χ1v) is 7.24. The molecule has 1 aliphatic heterocycles. The fourth-order valence-electron chi connectivity index (χ4n) is 2.62. The normalized spacial score (nSPS) is 12.4. The first kappa shape index (κ1) is 12.2. The van der Waals surface area contributed by atoms with Crippen molar-refractivity contribution in [1.82, 2.24) is 4.98 Å². The van der Waals surface area contributed by atoms with E-state index in [2.05, 4.69) is 9.71 Å². The Morgan fingerprint density at radius 1 is 1.14 bits per heavy atom. The maximum atomic E-state index is 11.6. The van der Waals surface area contributed by atoms with Crippen LogP contribution >= 0.6 is 11.9 Å². The number of benzene rings is 2. The van der Waals surface area contributed by atoms with Crippen LogP contribution in [0.1, 0.15) is 10.4 Å². The second kappa shape index (κ2) is 4.49. The predicted molar refractivity (Wildman–Crippen MR) is 83.6 cm³/mol. The number of hydrogen-bond donors (Lipinski definition) is 2. The zero-order valence-electron chi connectivity index (χ0n) is 10.8. The van der Waals surface area contributed by atoms with Crippen molar-refractivity contribution in [2.24, 2.45) is 0 Å². The molecule has 4 nitrogen and oxygen atoms in total. The van der Waals surface area contributed by atoms with Crippen molar-refractivity contribution in [2.75, 3.05) is 4.72 Å². The van der Waals surface area contributed by atoms with Gasteiger partial charge in [-0.3, -0.25) is 4.98 Å². The third-order valence-corrected chi connectivity index (χ3v) is 4.45. The molecule has 1 aromatic heterocycles. The Hall–Kier alpha value is -2.53. The minimum Gasteiger partial charge on any atom is -0.478 e. The number of anilines is 1. The van der Waals surface area contributed by atoms with Crippen LogP contribution in [0.25, 0.3) is 22.0 Å². The molecule has 2 N–H and O–H groups in total. The van der Waals surface area contributed by atoms with Gasteiger partial charge in [0.25, 0.3) is 0 Å². The van der Waals surface area contributed by atoms with Crippen molar-refractivity contribution < 1.29 is 9.90 Å². The lowest BCUT2D eigenvalue weighted by molar-refractivity contribution is 0.0699. The molecule has 0 unspecified atom stereocenters. The molecule has 0 atom stereocenters. The van der Waals surface area contributed by atoms with Crippen LogP contribution in [-0.2, 0) is 0 Å². The molecule has 21 heavy (non-hydrogen) atoms. The van der Waals surface area contributed by atoms with E-state index in [1.165, 1.54) is 11.9 Å². The molecule has 0 saturated heterocycles. The maximum Gasteiger partial charge on any atom is 0.336 e. The largest absolute Gasteiger partial charge is 0.478 e. The fourth-order valence-corrected chi connectivity index (χ4v) is 3.47. The quantitative estimate of drug-likeness (QED) is 0.663. The highest BCUT2D eigenvalue weighted by atomic mass is 32.2. The summed E-state index contributed by atoms with van der Waals surface area (Å²) in [4.78, 5) is 17.0. The average Bonchev–Trinajstić information content (AvgIpc) is 2.53. The van der Waals surface area contributed by atoms with E-state index in [4.69, 9.17) is 0 Å². The molecule has 2 heterocycles. The fraction of sp³-hybridized carbons (Fsp3) is 0. The van der Waals surface area contributed by atoms with Crippen LogP contribution in [0, 0.1) is 0 Å². The van der Waals surface area contributed by atoms with Crippen LogP contribution in [0.4, 0.5) is 5.69 Å². The highest BCUT2D eigenvalue weighted by Gasteiger charge is 2.22. The standard InChI is InChI=1S/C16H10N2O2S/c19-16(20)12-8-11-9-4-1-2-6-13(9)21-18-15(11)14-10(12)5-3-7-17-14/h1-8,18H,(H,19,20). The van der Waals surface area contributed by atoms with Crippen molar-refractivity contribution in [1.29, 1.82) is 0 Å². The third-order valence-electron chi connectivity index (χ3n) is 3.56. The molecule has 4 rings (SSSR count). The molecule has 0 radical (unpaired) electrons. The van der Waals surface area contributed by atoms with Crippen LogP contribution in [0.2, 0.25) is 0 Å². The Morgan fingerprint density at radius 2 is 2.00 bits per heavy atom. The lowest BCUT2D eigenvalue weighted by Gasteiger charge is -2.22.